The van der Waals surface area contributed by atoms with Crippen LogP contribution in [0.3, 0.4) is 0 Å². The van der Waals surface area contributed by atoms with Crippen molar-refractivity contribution in [2.45, 2.75) is 31.5 Å². The molecule has 3 unspecified atom stereocenters. The fourth-order valence-corrected chi connectivity index (χ4v) is 4.94. The number of rotatable bonds is 4. The first-order valence-corrected chi connectivity index (χ1v) is 9.35. The van der Waals surface area contributed by atoms with Crippen LogP contribution < -0.4 is 5.73 Å². The van der Waals surface area contributed by atoms with Gasteiger partial charge in [0.2, 0.25) is 0 Å². The zero-order valence-electron chi connectivity index (χ0n) is 11.8. The zero-order chi connectivity index (χ0) is 14.9. The highest BCUT2D eigenvalue weighted by Gasteiger charge is 2.35. The summed E-state index contributed by atoms with van der Waals surface area (Å²) < 4.78 is 24.3. The van der Waals surface area contributed by atoms with Gasteiger partial charge in [0.15, 0.2) is 9.84 Å². The van der Waals surface area contributed by atoms with Gasteiger partial charge >= 0.3 is 0 Å². The lowest BCUT2D eigenvalue weighted by atomic mass is 9.98. The largest absolute Gasteiger partial charge is 0.326 e. The summed E-state index contributed by atoms with van der Waals surface area (Å²) in [6.07, 6.45) is 0.693. The van der Waals surface area contributed by atoms with Crippen molar-refractivity contribution in [1.29, 1.82) is 0 Å². The van der Waals surface area contributed by atoms with Gasteiger partial charge in [-0.15, -0.1) is 0 Å². The number of benzene rings is 1. The molecule has 3 atom stereocenters. The van der Waals surface area contributed by atoms with E-state index in [2.05, 4.69) is 20.8 Å². The van der Waals surface area contributed by atoms with Gasteiger partial charge in [0.1, 0.15) is 0 Å². The lowest BCUT2D eigenvalue weighted by Crippen LogP contribution is -2.43. The molecule has 1 aromatic carbocycles. The van der Waals surface area contributed by atoms with Gasteiger partial charge in [-0.2, -0.15) is 0 Å². The third-order valence-corrected chi connectivity index (χ3v) is 6.21. The first kappa shape index (κ1) is 15.9. The van der Waals surface area contributed by atoms with Crippen LogP contribution in [0.15, 0.2) is 28.7 Å². The maximum atomic E-state index is 11.7. The zero-order valence-corrected chi connectivity index (χ0v) is 14.2. The molecular weight excluding hydrogens is 340 g/mol. The molecule has 0 aromatic heterocycles. The molecule has 2 N–H and O–H groups in total. The van der Waals surface area contributed by atoms with Gasteiger partial charge in [-0.25, -0.2) is 8.42 Å². The number of sulfone groups is 1. The van der Waals surface area contributed by atoms with Gasteiger partial charge < -0.3 is 5.73 Å². The summed E-state index contributed by atoms with van der Waals surface area (Å²) >= 11 is 3.43. The Balaban J connectivity index is 2.23. The molecule has 1 heterocycles. The lowest BCUT2D eigenvalue weighted by molar-refractivity contribution is 0.168. The van der Waals surface area contributed by atoms with Gasteiger partial charge in [-0.3, -0.25) is 4.90 Å². The fraction of sp³-hybridized carbons (Fsp3) is 0.571. The van der Waals surface area contributed by atoms with Crippen molar-refractivity contribution in [1.82, 2.24) is 4.90 Å². The smallest absolute Gasteiger partial charge is 0.151 e. The van der Waals surface area contributed by atoms with Gasteiger partial charge in [0.05, 0.1) is 11.5 Å². The Morgan fingerprint density at radius 2 is 1.95 bits per heavy atom. The number of likely N-dealkylation sites (N-methyl/N-ethyl adjacent to an activating group) is 1. The van der Waals surface area contributed by atoms with Gasteiger partial charge in [-0.1, -0.05) is 28.1 Å². The standard InChI is InChI=1S/C14H21BrN2O2S/c1-10(16)14(11-3-5-12(15)6-4-11)17(2)13-7-8-20(18,19)9-13/h3-6,10,13-14H,7-9,16H2,1-2H3. The van der Waals surface area contributed by atoms with Crippen LogP contribution in [0.4, 0.5) is 0 Å². The molecule has 1 aromatic rings. The van der Waals surface area contributed by atoms with E-state index in [0.29, 0.717) is 6.42 Å². The van der Waals surface area contributed by atoms with E-state index in [1.54, 1.807) is 0 Å². The molecule has 20 heavy (non-hydrogen) atoms. The van der Waals surface area contributed by atoms with Crippen LogP contribution in [0, 0.1) is 0 Å². The average molecular weight is 361 g/mol. The van der Waals surface area contributed by atoms with E-state index in [4.69, 9.17) is 5.73 Å². The minimum Gasteiger partial charge on any atom is -0.326 e. The quantitative estimate of drug-likeness (QED) is 0.891. The molecule has 0 aliphatic carbocycles. The normalized spacial score (nSPS) is 24.8. The first-order chi connectivity index (χ1) is 9.30. The van der Waals surface area contributed by atoms with Crippen molar-refractivity contribution in [2.75, 3.05) is 18.6 Å². The number of nitrogens with zero attached hydrogens (tertiary/aromatic N) is 1. The van der Waals surface area contributed by atoms with E-state index in [-0.39, 0.29) is 29.6 Å². The summed E-state index contributed by atoms with van der Waals surface area (Å²) in [5, 5.41) is 0. The maximum absolute atomic E-state index is 11.7. The summed E-state index contributed by atoms with van der Waals surface area (Å²) in [7, 11) is -0.905. The van der Waals surface area contributed by atoms with Gasteiger partial charge in [0, 0.05) is 22.6 Å². The topological polar surface area (TPSA) is 63.4 Å². The molecular formula is C14H21BrN2O2S. The summed E-state index contributed by atoms with van der Waals surface area (Å²) in [5.41, 5.74) is 7.26. The van der Waals surface area contributed by atoms with Crippen LogP contribution in [0.5, 0.6) is 0 Å². The SMILES string of the molecule is CC(N)C(c1ccc(Br)cc1)N(C)C1CCS(=O)(=O)C1. The van der Waals surface area contributed by atoms with Crippen molar-refractivity contribution in [3.8, 4) is 0 Å². The number of nitrogens with two attached hydrogens (primary N) is 1. The maximum Gasteiger partial charge on any atom is 0.151 e. The molecule has 0 bridgehead atoms. The molecule has 0 saturated carbocycles. The molecule has 0 spiro atoms. The van der Waals surface area contributed by atoms with E-state index >= 15 is 0 Å². The molecule has 1 aliphatic heterocycles. The monoisotopic (exact) mass is 360 g/mol. The number of hydrogen-bond donors (Lipinski definition) is 1. The van der Waals surface area contributed by atoms with Crippen molar-refractivity contribution >= 4 is 25.8 Å². The Bertz CT molecular complexity index is 557. The molecule has 0 amide bonds. The minimum atomic E-state index is -2.88. The fourth-order valence-electron chi connectivity index (χ4n) is 2.89. The minimum absolute atomic E-state index is 0.0291. The summed E-state index contributed by atoms with van der Waals surface area (Å²) in [4.78, 5) is 2.12. The summed E-state index contributed by atoms with van der Waals surface area (Å²) in [5.74, 6) is 0.525. The van der Waals surface area contributed by atoms with E-state index in [0.717, 1.165) is 10.0 Å². The molecule has 0 radical (unpaired) electrons. The molecule has 112 valence electrons. The Labute approximate surface area is 129 Å². The third-order valence-electron chi connectivity index (χ3n) is 3.93. The van der Waals surface area contributed by atoms with Crippen LogP contribution >= 0.6 is 15.9 Å². The molecule has 6 heteroatoms. The first-order valence-electron chi connectivity index (χ1n) is 6.73. The van der Waals surface area contributed by atoms with Crippen LogP contribution in [0.25, 0.3) is 0 Å². The summed E-state index contributed by atoms with van der Waals surface area (Å²) in [6, 6.07) is 8.08. The Morgan fingerprint density at radius 1 is 1.35 bits per heavy atom. The predicted octanol–water partition coefficient (Wildman–Crippen LogP) is 1.96. The molecule has 1 aliphatic rings. The molecule has 4 nitrogen and oxygen atoms in total. The second kappa shape index (κ2) is 6.13. The molecule has 1 saturated heterocycles. The average Bonchev–Trinajstić information content (AvgIpc) is 2.72. The van der Waals surface area contributed by atoms with Crippen LogP contribution in [0.2, 0.25) is 0 Å². The van der Waals surface area contributed by atoms with Crippen LogP contribution in [0.1, 0.15) is 24.9 Å². The summed E-state index contributed by atoms with van der Waals surface area (Å²) in [6.45, 7) is 1.96. The van der Waals surface area contributed by atoms with E-state index in [1.807, 2.05) is 38.2 Å². The number of halogens is 1. The molecule has 2 rings (SSSR count). The highest BCUT2D eigenvalue weighted by atomic mass is 79.9. The highest BCUT2D eigenvalue weighted by Crippen LogP contribution is 2.29. The number of hydrogen-bond acceptors (Lipinski definition) is 4. The van der Waals surface area contributed by atoms with Crippen LogP contribution in [-0.4, -0.2) is 44.0 Å². The van der Waals surface area contributed by atoms with Gasteiger partial charge in [0.25, 0.3) is 0 Å². The van der Waals surface area contributed by atoms with Crippen molar-refractivity contribution < 1.29 is 8.42 Å². The van der Waals surface area contributed by atoms with Crippen molar-refractivity contribution in [3.05, 3.63) is 34.3 Å². The Kier molecular flexibility index (Phi) is 4.89. The lowest BCUT2D eigenvalue weighted by Gasteiger charge is -2.35. The Hall–Kier alpha value is -0.430. The second-order valence-corrected chi connectivity index (χ2v) is 8.72. The van der Waals surface area contributed by atoms with Crippen molar-refractivity contribution in [2.24, 2.45) is 5.73 Å². The van der Waals surface area contributed by atoms with E-state index < -0.39 is 9.84 Å². The van der Waals surface area contributed by atoms with E-state index in [9.17, 15) is 8.42 Å². The van der Waals surface area contributed by atoms with E-state index in [1.165, 1.54) is 0 Å². The Morgan fingerprint density at radius 3 is 2.40 bits per heavy atom. The highest BCUT2D eigenvalue weighted by molar-refractivity contribution is 9.10. The molecule has 1 fully saturated rings. The third kappa shape index (κ3) is 3.61. The van der Waals surface area contributed by atoms with Gasteiger partial charge in [-0.05, 0) is 38.1 Å². The second-order valence-electron chi connectivity index (χ2n) is 5.58. The predicted molar refractivity (Wildman–Crippen MR) is 85.4 cm³/mol. The van der Waals surface area contributed by atoms with Crippen molar-refractivity contribution in [3.63, 3.8) is 0 Å². The van der Waals surface area contributed by atoms with Crippen LogP contribution in [-0.2, 0) is 9.84 Å².